The van der Waals surface area contributed by atoms with Crippen molar-refractivity contribution in [2.45, 2.75) is 38.8 Å². The minimum Gasteiger partial charge on any atom is -0.444 e. The monoisotopic (exact) mass is 336 g/mol. The molecule has 0 spiro atoms. The van der Waals surface area contributed by atoms with E-state index in [2.05, 4.69) is 17.1 Å². The molecule has 25 heavy (non-hydrogen) atoms. The second kappa shape index (κ2) is 7.09. The van der Waals surface area contributed by atoms with Crippen LogP contribution in [0.4, 0.5) is 4.79 Å². The van der Waals surface area contributed by atoms with E-state index in [-0.39, 0.29) is 12.1 Å². The van der Waals surface area contributed by atoms with Crippen LogP contribution in [0.25, 0.3) is 11.3 Å². The van der Waals surface area contributed by atoms with Crippen molar-refractivity contribution in [1.82, 2.24) is 9.88 Å². The molecular formula is C21H24N2O2. The Hall–Kier alpha value is -2.62. The van der Waals surface area contributed by atoms with Crippen LogP contribution in [0, 0.1) is 0 Å². The van der Waals surface area contributed by atoms with Gasteiger partial charge in [0, 0.05) is 18.3 Å². The zero-order valence-electron chi connectivity index (χ0n) is 15.0. The van der Waals surface area contributed by atoms with Gasteiger partial charge in [-0.15, -0.1) is 0 Å². The number of rotatable bonds is 2. The average molecular weight is 336 g/mol. The van der Waals surface area contributed by atoms with Gasteiger partial charge in [-0.25, -0.2) is 4.79 Å². The van der Waals surface area contributed by atoms with Gasteiger partial charge in [0.05, 0.1) is 11.7 Å². The zero-order valence-corrected chi connectivity index (χ0v) is 15.0. The Bertz CT molecular complexity index is 746. The van der Waals surface area contributed by atoms with Gasteiger partial charge in [0.1, 0.15) is 5.60 Å². The molecule has 0 aliphatic carbocycles. The van der Waals surface area contributed by atoms with Crippen LogP contribution in [-0.4, -0.2) is 28.1 Å². The molecule has 130 valence electrons. The molecular weight excluding hydrogens is 312 g/mol. The van der Waals surface area contributed by atoms with E-state index in [4.69, 9.17) is 4.74 Å². The molecule has 4 heteroatoms. The molecule has 0 saturated heterocycles. The highest BCUT2D eigenvalue weighted by atomic mass is 16.6. The predicted molar refractivity (Wildman–Crippen MR) is 99.1 cm³/mol. The number of nitrogens with zero attached hydrogens (tertiary/aromatic N) is 2. The van der Waals surface area contributed by atoms with E-state index in [0.29, 0.717) is 6.54 Å². The normalized spacial score (nSPS) is 17.4. The minimum absolute atomic E-state index is 0.0443. The molecule has 4 nitrogen and oxygen atoms in total. The number of hydrogen-bond donors (Lipinski definition) is 0. The van der Waals surface area contributed by atoms with Gasteiger partial charge >= 0.3 is 6.09 Å². The summed E-state index contributed by atoms with van der Waals surface area (Å²) < 4.78 is 5.55. The molecule has 0 saturated carbocycles. The summed E-state index contributed by atoms with van der Waals surface area (Å²) in [5.74, 6) is 0. The van der Waals surface area contributed by atoms with Crippen LogP contribution in [0.1, 0.15) is 38.8 Å². The van der Waals surface area contributed by atoms with Gasteiger partial charge in [-0.05, 0) is 38.8 Å². The number of carbonyl (C=O) groups excluding carboxylic acids is 1. The van der Waals surface area contributed by atoms with Gasteiger partial charge in [0.15, 0.2) is 0 Å². The Labute approximate surface area is 149 Å². The summed E-state index contributed by atoms with van der Waals surface area (Å²) in [5, 5.41) is 0. The molecule has 1 amide bonds. The van der Waals surface area contributed by atoms with Gasteiger partial charge in [0.2, 0.25) is 0 Å². The third-order valence-electron chi connectivity index (χ3n) is 4.07. The molecule has 1 aromatic heterocycles. The number of aromatic nitrogens is 1. The van der Waals surface area contributed by atoms with Crippen molar-refractivity contribution in [2.75, 3.05) is 6.54 Å². The van der Waals surface area contributed by atoms with Crippen LogP contribution < -0.4 is 0 Å². The quantitative estimate of drug-likeness (QED) is 0.726. The van der Waals surface area contributed by atoms with Gasteiger partial charge in [-0.2, -0.15) is 0 Å². The van der Waals surface area contributed by atoms with E-state index < -0.39 is 5.60 Å². The number of amides is 1. The molecule has 1 unspecified atom stereocenters. The SMILES string of the molecule is CC(C)(C)OC(=O)N1CC=CCC1c1ccc(-c2ccccc2)nc1. The largest absolute Gasteiger partial charge is 0.444 e. The van der Waals surface area contributed by atoms with Crippen LogP contribution in [-0.2, 0) is 4.74 Å². The Morgan fingerprint density at radius 2 is 1.88 bits per heavy atom. The lowest BCUT2D eigenvalue weighted by molar-refractivity contribution is 0.0176. The van der Waals surface area contributed by atoms with E-state index in [1.54, 1.807) is 4.90 Å². The average Bonchev–Trinajstić information content (AvgIpc) is 2.61. The van der Waals surface area contributed by atoms with Crippen LogP contribution >= 0.6 is 0 Å². The van der Waals surface area contributed by atoms with Crippen molar-refractivity contribution in [3.63, 3.8) is 0 Å². The fourth-order valence-corrected chi connectivity index (χ4v) is 2.89. The lowest BCUT2D eigenvalue weighted by atomic mass is 10.00. The summed E-state index contributed by atoms with van der Waals surface area (Å²) in [7, 11) is 0. The minimum atomic E-state index is -0.502. The van der Waals surface area contributed by atoms with Crippen molar-refractivity contribution in [3.8, 4) is 11.3 Å². The smallest absolute Gasteiger partial charge is 0.411 e. The molecule has 0 fully saturated rings. The summed E-state index contributed by atoms with van der Waals surface area (Å²) in [4.78, 5) is 18.9. The molecule has 2 heterocycles. The van der Waals surface area contributed by atoms with Crippen LogP contribution in [0.2, 0.25) is 0 Å². The van der Waals surface area contributed by atoms with E-state index in [0.717, 1.165) is 23.2 Å². The topological polar surface area (TPSA) is 42.4 Å². The van der Waals surface area contributed by atoms with E-state index in [1.807, 2.05) is 69.4 Å². The third-order valence-corrected chi connectivity index (χ3v) is 4.07. The summed E-state index contributed by atoms with van der Waals surface area (Å²) in [6.07, 6.45) is 6.46. The van der Waals surface area contributed by atoms with Gasteiger partial charge in [-0.3, -0.25) is 9.88 Å². The number of benzene rings is 1. The van der Waals surface area contributed by atoms with Gasteiger partial charge < -0.3 is 4.74 Å². The Morgan fingerprint density at radius 1 is 1.12 bits per heavy atom. The molecule has 1 aromatic carbocycles. The van der Waals surface area contributed by atoms with Crippen molar-refractivity contribution in [1.29, 1.82) is 0 Å². The molecule has 1 aliphatic rings. The summed E-state index contributed by atoms with van der Waals surface area (Å²) >= 11 is 0. The number of carbonyl (C=O) groups is 1. The maximum atomic E-state index is 12.5. The maximum absolute atomic E-state index is 12.5. The van der Waals surface area contributed by atoms with Crippen molar-refractivity contribution in [2.24, 2.45) is 0 Å². The summed E-state index contributed by atoms with van der Waals surface area (Å²) in [6.45, 7) is 6.21. The summed E-state index contributed by atoms with van der Waals surface area (Å²) in [6, 6.07) is 14.1. The maximum Gasteiger partial charge on any atom is 0.411 e. The molecule has 0 bridgehead atoms. The van der Waals surface area contributed by atoms with Crippen molar-refractivity contribution in [3.05, 3.63) is 66.4 Å². The van der Waals surface area contributed by atoms with E-state index in [9.17, 15) is 4.79 Å². The molecule has 3 rings (SSSR count). The molecule has 0 radical (unpaired) electrons. The molecule has 2 aromatic rings. The van der Waals surface area contributed by atoms with E-state index >= 15 is 0 Å². The zero-order chi connectivity index (χ0) is 17.9. The third kappa shape index (κ3) is 4.27. The van der Waals surface area contributed by atoms with Crippen molar-refractivity contribution >= 4 is 6.09 Å². The highest BCUT2D eigenvalue weighted by Crippen LogP contribution is 2.30. The second-order valence-corrected chi connectivity index (χ2v) is 7.20. The van der Waals surface area contributed by atoms with Crippen LogP contribution in [0.3, 0.4) is 0 Å². The lowest BCUT2D eigenvalue weighted by Crippen LogP contribution is -2.40. The number of pyridine rings is 1. The highest BCUT2D eigenvalue weighted by Gasteiger charge is 2.29. The standard InChI is InChI=1S/C21H24N2O2/c1-21(2,3)25-20(24)23-14-8-7-11-19(23)17-12-13-18(22-15-17)16-9-5-4-6-10-16/h4-10,12-13,15,19H,11,14H2,1-3H3. The first-order chi connectivity index (χ1) is 11.9. The first-order valence-electron chi connectivity index (χ1n) is 8.60. The van der Waals surface area contributed by atoms with Gasteiger partial charge in [0.25, 0.3) is 0 Å². The predicted octanol–water partition coefficient (Wildman–Crippen LogP) is 4.99. The summed E-state index contributed by atoms with van der Waals surface area (Å²) in [5.41, 5.74) is 2.54. The van der Waals surface area contributed by atoms with Crippen LogP contribution in [0.5, 0.6) is 0 Å². The van der Waals surface area contributed by atoms with Crippen LogP contribution in [0.15, 0.2) is 60.8 Å². The fourth-order valence-electron chi connectivity index (χ4n) is 2.89. The number of ether oxygens (including phenoxy) is 1. The first-order valence-corrected chi connectivity index (χ1v) is 8.60. The number of hydrogen-bond acceptors (Lipinski definition) is 3. The molecule has 0 N–H and O–H groups in total. The molecule has 1 atom stereocenters. The van der Waals surface area contributed by atoms with Gasteiger partial charge in [-0.1, -0.05) is 48.6 Å². The Kier molecular flexibility index (Phi) is 4.88. The molecule has 1 aliphatic heterocycles. The van der Waals surface area contributed by atoms with E-state index in [1.165, 1.54) is 0 Å². The first kappa shape index (κ1) is 17.2. The van der Waals surface area contributed by atoms with Crippen molar-refractivity contribution < 1.29 is 9.53 Å². The lowest BCUT2D eigenvalue weighted by Gasteiger charge is -2.34. The second-order valence-electron chi connectivity index (χ2n) is 7.20. The Balaban J connectivity index is 1.81. The fraction of sp³-hybridized carbons (Fsp3) is 0.333. The highest BCUT2D eigenvalue weighted by molar-refractivity contribution is 5.69. The Morgan fingerprint density at radius 3 is 2.52 bits per heavy atom.